The zero-order valence-corrected chi connectivity index (χ0v) is 13.3. The van der Waals surface area contributed by atoms with Gasteiger partial charge in [-0.3, -0.25) is 9.69 Å². The number of hydrogen-bond acceptors (Lipinski definition) is 3. The summed E-state index contributed by atoms with van der Waals surface area (Å²) in [5, 5.41) is 0.465. The Bertz CT molecular complexity index is 717. The van der Waals surface area contributed by atoms with Crippen LogP contribution in [0.5, 0.6) is 0 Å². The van der Waals surface area contributed by atoms with Gasteiger partial charge in [-0.15, -0.1) is 0 Å². The molecule has 2 aromatic rings. The van der Waals surface area contributed by atoms with Crippen molar-refractivity contribution in [1.82, 2.24) is 4.74 Å². The Morgan fingerprint density at radius 2 is 1.81 bits per heavy atom. The van der Waals surface area contributed by atoms with Crippen molar-refractivity contribution in [2.45, 2.75) is 26.8 Å². The van der Waals surface area contributed by atoms with Crippen LogP contribution in [0.1, 0.15) is 19.6 Å². The first-order chi connectivity index (χ1) is 9.82. The molecule has 5 nitrogen and oxygen atoms in total. The summed E-state index contributed by atoms with van der Waals surface area (Å²) in [5.41, 5.74) is -0.0599. The van der Waals surface area contributed by atoms with Crippen molar-refractivity contribution in [1.29, 1.82) is 0 Å². The van der Waals surface area contributed by atoms with E-state index in [1.165, 1.54) is 11.8 Å². The number of anilines is 1. The van der Waals surface area contributed by atoms with E-state index in [2.05, 4.69) is 0 Å². The third-order valence-electron chi connectivity index (χ3n) is 2.91. The fourth-order valence-corrected chi connectivity index (χ4v) is 2.15. The van der Waals surface area contributed by atoms with Gasteiger partial charge in [0.25, 0.3) is 0 Å². The fraction of sp³-hybridized carbons (Fsp3) is 0.286. The van der Waals surface area contributed by atoms with Crippen LogP contribution in [-0.2, 0) is 0 Å². The van der Waals surface area contributed by atoms with Crippen LogP contribution in [0.4, 0.5) is 10.5 Å². The molecule has 0 spiro atoms. The van der Waals surface area contributed by atoms with E-state index in [0.29, 0.717) is 15.4 Å². The number of aryl methyl sites for hydroxylation is 1. The van der Waals surface area contributed by atoms with E-state index >= 15 is 0 Å². The van der Waals surface area contributed by atoms with Crippen LogP contribution in [0.15, 0.2) is 33.6 Å². The van der Waals surface area contributed by atoms with Crippen LogP contribution < -0.4 is 10.5 Å². The smallest absolute Gasteiger partial charge is 0.365 e. The van der Waals surface area contributed by atoms with E-state index in [1.807, 2.05) is 13.8 Å². The second-order valence-corrected chi connectivity index (χ2v) is 5.60. The molecule has 1 amide bonds. The van der Waals surface area contributed by atoms with Gasteiger partial charge >= 0.3 is 11.6 Å². The van der Waals surface area contributed by atoms with Gasteiger partial charge in [0.1, 0.15) is 5.02 Å². The molecule has 2 rings (SSSR count). The summed E-state index contributed by atoms with van der Waals surface area (Å²) in [6.07, 6.45) is 0. The number of carbonyl (C=O) groups is 1. The first-order valence-electron chi connectivity index (χ1n) is 6.30. The highest BCUT2D eigenvalue weighted by molar-refractivity contribution is 6.31. The minimum atomic E-state index is -0.668. The second-order valence-electron chi connectivity index (χ2n) is 4.78. The molecule has 0 fully saturated rings. The molecule has 0 atom stereocenters. The maximum Gasteiger partial charge on any atom is 0.365 e. The van der Waals surface area contributed by atoms with Gasteiger partial charge in [0.2, 0.25) is 0 Å². The van der Waals surface area contributed by atoms with Gasteiger partial charge in [-0.25, -0.2) is 4.79 Å². The number of aromatic nitrogens is 1. The van der Waals surface area contributed by atoms with E-state index in [4.69, 9.17) is 27.7 Å². The molecule has 0 radical (unpaired) electrons. The van der Waals surface area contributed by atoms with Crippen molar-refractivity contribution in [2.75, 3.05) is 4.90 Å². The lowest BCUT2D eigenvalue weighted by Crippen LogP contribution is -2.42. The number of halogens is 2. The Morgan fingerprint density at radius 3 is 2.24 bits per heavy atom. The molecule has 0 aliphatic rings. The molecule has 1 heterocycles. The second kappa shape index (κ2) is 5.95. The number of benzene rings is 1. The minimum absolute atomic E-state index is 0.0943. The standard InChI is InChI=1S/C14H14Cl2N2O3/c1-8(2)17(11-6-4-10(15)5-7-11)14(20)18-13(19)12(16)9(3)21-18/h4-8H,1-3H3. The van der Waals surface area contributed by atoms with Crippen LogP contribution >= 0.6 is 23.2 Å². The monoisotopic (exact) mass is 328 g/mol. The Balaban J connectivity index is 2.47. The zero-order chi connectivity index (χ0) is 15.7. The summed E-state index contributed by atoms with van der Waals surface area (Å²) in [7, 11) is 0. The lowest BCUT2D eigenvalue weighted by atomic mass is 10.2. The molecule has 0 aliphatic heterocycles. The molecular weight excluding hydrogens is 315 g/mol. The molecule has 0 unspecified atom stereocenters. The molecule has 0 N–H and O–H groups in total. The van der Waals surface area contributed by atoms with Gasteiger partial charge < -0.3 is 4.52 Å². The molecule has 0 aliphatic carbocycles. The lowest BCUT2D eigenvalue weighted by Gasteiger charge is -2.25. The lowest BCUT2D eigenvalue weighted by molar-refractivity contribution is 0.210. The van der Waals surface area contributed by atoms with Crippen LogP contribution in [0.2, 0.25) is 10.0 Å². The SMILES string of the molecule is Cc1on(C(=O)N(c2ccc(Cl)cc2)C(C)C)c(=O)c1Cl. The fourth-order valence-electron chi connectivity index (χ4n) is 1.91. The summed E-state index contributed by atoms with van der Waals surface area (Å²) in [6.45, 7) is 5.18. The summed E-state index contributed by atoms with van der Waals surface area (Å²) in [4.78, 5) is 25.9. The highest BCUT2D eigenvalue weighted by Gasteiger charge is 2.26. The number of amides is 1. The number of nitrogens with zero attached hydrogens (tertiary/aromatic N) is 2. The van der Waals surface area contributed by atoms with Gasteiger partial charge in [-0.05, 0) is 45.0 Å². The number of carbonyl (C=O) groups excluding carboxylic acids is 1. The zero-order valence-electron chi connectivity index (χ0n) is 11.8. The third kappa shape index (κ3) is 2.99. The molecule has 112 valence electrons. The van der Waals surface area contributed by atoms with Gasteiger partial charge in [-0.2, -0.15) is 0 Å². The summed E-state index contributed by atoms with van der Waals surface area (Å²) in [5.74, 6) is 0.204. The van der Waals surface area contributed by atoms with Gasteiger partial charge in [-0.1, -0.05) is 27.9 Å². The van der Waals surface area contributed by atoms with E-state index in [1.54, 1.807) is 24.3 Å². The highest BCUT2D eigenvalue weighted by Crippen LogP contribution is 2.21. The molecule has 1 aromatic heterocycles. The van der Waals surface area contributed by atoms with Crippen molar-refractivity contribution in [2.24, 2.45) is 0 Å². The Hall–Kier alpha value is -1.72. The minimum Gasteiger partial charge on any atom is -0.370 e. The van der Waals surface area contributed by atoms with Crippen molar-refractivity contribution in [3.63, 3.8) is 0 Å². The maximum absolute atomic E-state index is 12.6. The normalized spacial score (nSPS) is 11.0. The average Bonchev–Trinajstić information content (AvgIpc) is 2.68. The number of rotatable bonds is 2. The van der Waals surface area contributed by atoms with Crippen LogP contribution in [-0.4, -0.2) is 16.8 Å². The predicted molar refractivity (Wildman–Crippen MR) is 82.6 cm³/mol. The largest absolute Gasteiger partial charge is 0.370 e. The Morgan fingerprint density at radius 1 is 1.24 bits per heavy atom. The van der Waals surface area contributed by atoms with Crippen molar-refractivity contribution >= 4 is 34.9 Å². The van der Waals surface area contributed by atoms with E-state index in [0.717, 1.165) is 0 Å². The van der Waals surface area contributed by atoms with Gasteiger partial charge in [0, 0.05) is 16.8 Å². The predicted octanol–water partition coefficient (Wildman–Crippen LogP) is 3.94. The maximum atomic E-state index is 12.6. The molecule has 0 saturated heterocycles. The topological polar surface area (TPSA) is 55.5 Å². The van der Waals surface area contributed by atoms with E-state index in [-0.39, 0.29) is 16.8 Å². The van der Waals surface area contributed by atoms with Crippen LogP contribution in [0.25, 0.3) is 0 Å². The van der Waals surface area contributed by atoms with Crippen molar-refractivity contribution in [3.8, 4) is 0 Å². The third-order valence-corrected chi connectivity index (χ3v) is 3.59. The molecule has 1 aromatic carbocycles. The molecule has 0 saturated carbocycles. The van der Waals surface area contributed by atoms with Gasteiger partial charge in [0.15, 0.2) is 5.76 Å². The summed E-state index contributed by atoms with van der Waals surface area (Å²) in [6, 6.07) is 5.94. The summed E-state index contributed by atoms with van der Waals surface area (Å²) < 4.78 is 5.80. The first kappa shape index (κ1) is 15.7. The van der Waals surface area contributed by atoms with Crippen molar-refractivity contribution in [3.05, 3.63) is 50.4 Å². The Labute approximate surface area is 131 Å². The van der Waals surface area contributed by atoms with E-state index < -0.39 is 11.6 Å². The molecular formula is C14H14Cl2N2O3. The van der Waals surface area contributed by atoms with Crippen LogP contribution in [0.3, 0.4) is 0 Å². The molecule has 7 heteroatoms. The number of hydrogen-bond donors (Lipinski definition) is 0. The van der Waals surface area contributed by atoms with Crippen LogP contribution in [0, 0.1) is 6.92 Å². The molecule has 21 heavy (non-hydrogen) atoms. The quantitative estimate of drug-likeness (QED) is 0.838. The van der Waals surface area contributed by atoms with Gasteiger partial charge in [0.05, 0.1) is 0 Å². The highest BCUT2D eigenvalue weighted by atomic mass is 35.5. The average molecular weight is 329 g/mol. The van der Waals surface area contributed by atoms with E-state index in [9.17, 15) is 9.59 Å². The van der Waals surface area contributed by atoms with Crippen molar-refractivity contribution < 1.29 is 9.32 Å². The summed E-state index contributed by atoms with van der Waals surface area (Å²) >= 11 is 11.6. The molecule has 0 bridgehead atoms. The Kier molecular flexibility index (Phi) is 4.44. The first-order valence-corrected chi connectivity index (χ1v) is 7.06.